The topological polar surface area (TPSA) is 89.6 Å². The lowest BCUT2D eigenvalue weighted by atomic mass is 10.0. The maximum absolute atomic E-state index is 12.7. The molecule has 4 aromatic rings. The monoisotopic (exact) mass is 361 g/mol. The van der Waals surface area contributed by atoms with Crippen LogP contribution in [0, 0.1) is 13.8 Å². The van der Waals surface area contributed by atoms with E-state index in [1.807, 2.05) is 48.6 Å². The van der Waals surface area contributed by atoms with Crippen molar-refractivity contribution in [2.45, 2.75) is 13.8 Å². The third-order valence-corrected chi connectivity index (χ3v) is 4.96. The van der Waals surface area contributed by atoms with Crippen LogP contribution in [-0.2, 0) is 4.74 Å². The molecule has 2 aromatic heterocycles. The highest BCUT2D eigenvalue weighted by Gasteiger charge is 2.17. The summed E-state index contributed by atoms with van der Waals surface area (Å²) in [5.74, 6) is -0.451. The van der Waals surface area contributed by atoms with Crippen LogP contribution in [0.1, 0.15) is 21.5 Å². The van der Waals surface area contributed by atoms with Gasteiger partial charge in [-0.2, -0.15) is 0 Å². The zero-order valence-electron chi connectivity index (χ0n) is 15.3. The summed E-state index contributed by atoms with van der Waals surface area (Å²) in [4.78, 5) is 27.4. The van der Waals surface area contributed by atoms with Crippen LogP contribution in [0.4, 0.5) is 5.69 Å². The number of nitrogen functional groups attached to an aromatic ring is 1. The number of nitrogens with one attached hydrogen (secondary N) is 1. The molecule has 6 heteroatoms. The predicted molar refractivity (Wildman–Crippen MR) is 106 cm³/mol. The molecule has 2 aromatic carbocycles. The van der Waals surface area contributed by atoms with Crippen LogP contribution in [0.2, 0.25) is 0 Å². The van der Waals surface area contributed by atoms with Crippen molar-refractivity contribution in [2.24, 2.45) is 0 Å². The molecule has 0 aliphatic rings. The Morgan fingerprint density at radius 3 is 2.63 bits per heavy atom. The quantitative estimate of drug-likeness (QED) is 0.423. The summed E-state index contributed by atoms with van der Waals surface area (Å²) in [6.45, 7) is 3.94. The molecule has 0 spiro atoms. The molecule has 3 N–H and O–H groups in total. The van der Waals surface area contributed by atoms with E-state index < -0.39 is 5.97 Å². The maximum atomic E-state index is 12.7. The normalized spacial score (nSPS) is 11.2. The minimum absolute atomic E-state index is 0.222. The van der Waals surface area contributed by atoms with Gasteiger partial charge >= 0.3 is 5.97 Å². The molecule has 27 heavy (non-hydrogen) atoms. The second-order valence-electron chi connectivity index (χ2n) is 6.59. The van der Waals surface area contributed by atoms with E-state index in [2.05, 4.69) is 4.98 Å². The first kappa shape index (κ1) is 16.9. The predicted octanol–water partition coefficient (Wildman–Crippen LogP) is 3.43. The number of methoxy groups -OCH3 is 1. The fourth-order valence-corrected chi connectivity index (χ4v) is 3.56. The van der Waals surface area contributed by atoms with Crippen molar-refractivity contribution in [1.29, 1.82) is 0 Å². The van der Waals surface area contributed by atoms with Gasteiger partial charge in [-0.15, -0.1) is 0 Å². The molecule has 0 bridgehead atoms. The van der Waals surface area contributed by atoms with Gasteiger partial charge in [0.25, 0.3) is 5.56 Å². The first-order valence-electron chi connectivity index (χ1n) is 8.54. The Morgan fingerprint density at radius 2 is 1.89 bits per heavy atom. The zero-order valence-corrected chi connectivity index (χ0v) is 15.3. The van der Waals surface area contributed by atoms with Gasteiger partial charge in [0, 0.05) is 11.3 Å². The van der Waals surface area contributed by atoms with Crippen molar-refractivity contribution in [1.82, 2.24) is 9.38 Å². The van der Waals surface area contributed by atoms with Gasteiger partial charge in [0.05, 0.1) is 29.4 Å². The molecule has 2 heterocycles. The minimum Gasteiger partial charge on any atom is -0.465 e. The number of fused-ring (bicyclic) bond motifs is 3. The summed E-state index contributed by atoms with van der Waals surface area (Å²) in [6, 6.07) is 12.8. The molecule has 0 amide bonds. The maximum Gasteiger partial charge on any atom is 0.337 e. The van der Waals surface area contributed by atoms with Gasteiger partial charge in [-0.1, -0.05) is 12.1 Å². The Bertz CT molecular complexity index is 1280. The Morgan fingerprint density at radius 1 is 1.11 bits per heavy atom. The number of aryl methyl sites for hydroxylation is 1. The van der Waals surface area contributed by atoms with E-state index in [0.29, 0.717) is 22.3 Å². The minimum atomic E-state index is -0.451. The number of aromatic nitrogens is 2. The summed E-state index contributed by atoms with van der Waals surface area (Å²) in [7, 11) is 1.33. The number of benzene rings is 2. The molecular weight excluding hydrogens is 342 g/mol. The Hall–Kier alpha value is -3.54. The van der Waals surface area contributed by atoms with E-state index >= 15 is 0 Å². The summed E-state index contributed by atoms with van der Waals surface area (Å²) < 4.78 is 6.70. The standard InChI is InChI=1S/C21H19N3O3/c1-11-9-18-20(25)23-16-10-13(21(26)27-3)7-8-17(16)24(18)19(11)14-5-4-6-15(22)12(14)2/h4-10H,22H2,1-3H3,(H,23,25). The van der Waals surface area contributed by atoms with Crippen LogP contribution >= 0.6 is 0 Å². The molecule has 0 aliphatic heterocycles. The van der Waals surface area contributed by atoms with Crippen molar-refractivity contribution in [3.05, 3.63) is 69.5 Å². The van der Waals surface area contributed by atoms with Crippen molar-refractivity contribution in [3.8, 4) is 11.3 Å². The first-order chi connectivity index (χ1) is 12.9. The fourth-order valence-electron chi connectivity index (χ4n) is 3.56. The van der Waals surface area contributed by atoms with Crippen molar-refractivity contribution < 1.29 is 9.53 Å². The van der Waals surface area contributed by atoms with Crippen molar-refractivity contribution >= 4 is 28.2 Å². The van der Waals surface area contributed by atoms with Gasteiger partial charge in [-0.3, -0.25) is 4.79 Å². The number of carbonyl (C=O) groups is 1. The number of nitrogens with two attached hydrogens (primary N) is 1. The number of anilines is 1. The Labute approximate surface area is 155 Å². The van der Waals surface area contributed by atoms with Gasteiger partial charge in [0.15, 0.2) is 0 Å². The number of hydrogen-bond donors (Lipinski definition) is 2. The Balaban J connectivity index is 2.14. The summed E-state index contributed by atoms with van der Waals surface area (Å²) in [6.07, 6.45) is 0. The Kier molecular flexibility index (Phi) is 3.77. The van der Waals surface area contributed by atoms with E-state index in [4.69, 9.17) is 10.5 Å². The third kappa shape index (κ3) is 2.49. The molecule has 6 nitrogen and oxygen atoms in total. The molecule has 0 saturated heterocycles. The number of aromatic amines is 1. The number of ether oxygens (including phenoxy) is 1. The van der Waals surface area contributed by atoms with Gasteiger partial charge in [0.1, 0.15) is 5.52 Å². The van der Waals surface area contributed by atoms with Gasteiger partial charge in [0.2, 0.25) is 0 Å². The third-order valence-electron chi connectivity index (χ3n) is 4.96. The van der Waals surface area contributed by atoms with E-state index in [0.717, 1.165) is 27.9 Å². The fraction of sp³-hybridized carbons (Fsp3) is 0.143. The number of carbonyl (C=O) groups excluding carboxylic acids is 1. The zero-order chi connectivity index (χ0) is 19.3. The number of nitrogens with zero attached hydrogens (tertiary/aromatic N) is 1. The number of H-pyrrole nitrogens is 1. The SMILES string of the molecule is COC(=O)c1ccc2c(c1)[nH]c(=O)c1cc(C)c(-c3cccc(N)c3C)n12. The largest absolute Gasteiger partial charge is 0.465 e. The molecule has 0 atom stereocenters. The second-order valence-corrected chi connectivity index (χ2v) is 6.59. The number of esters is 1. The van der Waals surface area contributed by atoms with E-state index in [1.165, 1.54) is 7.11 Å². The van der Waals surface area contributed by atoms with E-state index in [-0.39, 0.29) is 5.56 Å². The van der Waals surface area contributed by atoms with E-state index in [1.54, 1.807) is 12.1 Å². The van der Waals surface area contributed by atoms with Crippen LogP contribution < -0.4 is 11.3 Å². The van der Waals surface area contributed by atoms with Gasteiger partial charge in [-0.05, 0) is 55.3 Å². The average molecular weight is 361 g/mol. The molecule has 0 aliphatic carbocycles. The first-order valence-corrected chi connectivity index (χ1v) is 8.54. The van der Waals surface area contributed by atoms with Crippen LogP contribution in [0.5, 0.6) is 0 Å². The highest BCUT2D eigenvalue weighted by Crippen LogP contribution is 2.33. The summed E-state index contributed by atoms with van der Waals surface area (Å²) in [5, 5.41) is 0. The van der Waals surface area contributed by atoms with E-state index in [9.17, 15) is 9.59 Å². The van der Waals surface area contributed by atoms with Crippen LogP contribution in [-0.4, -0.2) is 22.5 Å². The molecule has 4 rings (SSSR count). The lowest BCUT2D eigenvalue weighted by molar-refractivity contribution is 0.0601. The van der Waals surface area contributed by atoms with Crippen LogP contribution in [0.25, 0.3) is 27.8 Å². The molecule has 0 unspecified atom stereocenters. The van der Waals surface area contributed by atoms with Crippen LogP contribution in [0.3, 0.4) is 0 Å². The molecule has 136 valence electrons. The highest BCUT2D eigenvalue weighted by molar-refractivity contribution is 5.94. The summed E-state index contributed by atoms with van der Waals surface area (Å²) >= 11 is 0. The van der Waals surface area contributed by atoms with Gasteiger partial charge < -0.3 is 19.9 Å². The lowest BCUT2D eigenvalue weighted by Crippen LogP contribution is -2.11. The molecular formula is C21H19N3O3. The summed E-state index contributed by atoms with van der Waals surface area (Å²) in [5.41, 5.74) is 12.7. The molecule has 0 radical (unpaired) electrons. The molecule has 0 fully saturated rings. The average Bonchev–Trinajstić information content (AvgIpc) is 3.01. The molecule has 0 saturated carbocycles. The van der Waals surface area contributed by atoms with Crippen molar-refractivity contribution in [3.63, 3.8) is 0 Å². The lowest BCUT2D eigenvalue weighted by Gasteiger charge is -2.13. The van der Waals surface area contributed by atoms with Crippen molar-refractivity contribution in [2.75, 3.05) is 12.8 Å². The highest BCUT2D eigenvalue weighted by atomic mass is 16.5. The second kappa shape index (κ2) is 6.02. The smallest absolute Gasteiger partial charge is 0.337 e. The number of rotatable bonds is 2. The van der Waals surface area contributed by atoms with Crippen LogP contribution in [0.15, 0.2) is 47.3 Å². The number of hydrogen-bond acceptors (Lipinski definition) is 4. The van der Waals surface area contributed by atoms with Gasteiger partial charge in [-0.25, -0.2) is 4.79 Å².